The lowest BCUT2D eigenvalue weighted by molar-refractivity contribution is 0.0752. The summed E-state index contributed by atoms with van der Waals surface area (Å²) in [5.41, 5.74) is 0.639. The standard InChI is InChI=1S/C12H13ClINO2/c1-7(2)15(3)12(17)11-8(6-16)10(14)5-4-9(11)13/h4-7H,1-3H3. The summed E-state index contributed by atoms with van der Waals surface area (Å²) in [5, 5.41) is 0.310. The van der Waals surface area contributed by atoms with Crippen molar-refractivity contribution >= 4 is 46.4 Å². The minimum atomic E-state index is -0.231. The smallest absolute Gasteiger partial charge is 0.256 e. The van der Waals surface area contributed by atoms with E-state index in [9.17, 15) is 9.59 Å². The Bertz CT molecular complexity index is 460. The van der Waals surface area contributed by atoms with Gasteiger partial charge in [-0.25, -0.2) is 0 Å². The maximum Gasteiger partial charge on any atom is 0.256 e. The monoisotopic (exact) mass is 365 g/mol. The molecule has 1 aromatic rings. The minimum Gasteiger partial charge on any atom is -0.339 e. The second kappa shape index (κ2) is 5.82. The van der Waals surface area contributed by atoms with Gasteiger partial charge in [-0.2, -0.15) is 0 Å². The van der Waals surface area contributed by atoms with Crippen LogP contribution >= 0.6 is 34.2 Å². The number of benzene rings is 1. The van der Waals surface area contributed by atoms with Crippen LogP contribution in [0.4, 0.5) is 0 Å². The second-order valence-electron chi connectivity index (χ2n) is 3.95. The van der Waals surface area contributed by atoms with Crippen LogP contribution in [-0.2, 0) is 0 Å². The molecule has 0 radical (unpaired) electrons. The van der Waals surface area contributed by atoms with Crippen molar-refractivity contribution in [2.45, 2.75) is 19.9 Å². The molecule has 0 spiro atoms. The molecule has 0 saturated carbocycles. The summed E-state index contributed by atoms with van der Waals surface area (Å²) in [6.45, 7) is 3.81. The maximum atomic E-state index is 12.2. The summed E-state index contributed by atoms with van der Waals surface area (Å²) in [6.07, 6.45) is 0.676. The number of rotatable bonds is 3. The fourth-order valence-electron chi connectivity index (χ4n) is 1.31. The van der Waals surface area contributed by atoms with Gasteiger partial charge in [0.25, 0.3) is 5.91 Å². The third-order valence-corrected chi connectivity index (χ3v) is 3.82. The Balaban J connectivity index is 3.35. The number of halogens is 2. The second-order valence-corrected chi connectivity index (χ2v) is 5.51. The lowest BCUT2D eigenvalue weighted by Crippen LogP contribution is -2.34. The van der Waals surface area contributed by atoms with Gasteiger partial charge in [0.2, 0.25) is 0 Å². The molecule has 0 aromatic heterocycles. The number of carbonyl (C=O) groups is 2. The van der Waals surface area contributed by atoms with E-state index in [-0.39, 0.29) is 17.5 Å². The van der Waals surface area contributed by atoms with Crippen molar-refractivity contribution in [3.63, 3.8) is 0 Å². The largest absolute Gasteiger partial charge is 0.339 e. The quantitative estimate of drug-likeness (QED) is 0.609. The Kier molecular flexibility index (Phi) is 4.94. The van der Waals surface area contributed by atoms with E-state index in [0.717, 1.165) is 3.57 Å². The molecule has 0 saturated heterocycles. The molecule has 5 heteroatoms. The number of hydrogen-bond donors (Lipinski definition) is 0. The highest BCUT2D eigenvalue weighted by molar-refractivity contribution is 14.1. The third kappa shape index (κ3) is 2.98. The van der Waals surface area contributed by atoms with E-state index in [4.69, 9.17) is 11.6 Å². The number of hydrogen-bond acceptors (Lipinski definition) is 2. The molecule has 17 heavy (non-hydrogen) atoms. The molecular formula is C12H13ClINO2. The number of nitrogens with zero attached hydrogens (tertiary/aromatic N) is 1. The Hall–Kier alpha value is -0.620. The van der Waals surface area contributed by atoms with Crippen LogP contribution in [0.3, 0.4) is 0 Å². The van der Waals surface area contributed by atoms with Crippen molar-refractivity contribution in [3.05, 3.63) is 31.9 Å². The zero-order valence-corrected chi connectivity index (χ0v) is 12.7. The third-order valence-electron chi connectivity index (χ3n) is 2.57. The summed E-state index contributed by atoms with van der Waals surface area (Å²) < 4.78 is 0.725. The molecule has 0 aliphatic rings. The first-order valence-corrected chi connectivity index (χ1v) is 6.56. The van der Waals surface area contributed by atoms with Crippen molar-refractivity contribution < 1.29 is 9.59 Å². The molecule has 3 nitrogen and oxygen atoms in total. The van der Waals surface area contributed by atoms with Crippen molar-refractivity contribution in [1.29, 1.82) is 0 Å². The number of aldehydes is 1. The lowest BCUT2D eigenvalue weighted by Gasteiger charge is -2.23. The van der Waals surface area contributed by atoms with Gasteiger partial charge in [-0.05, 0) is 48.6 Å². The van der Waals surface area contributed by atoms with E-state index in [0.29, 0.717) is 16.9 Å². The van der Waals surface area contributed by atoms with E-state index >= 15 is 0 Å². The van der Waals surface area contributed by atoms with Gasteiger partial charge in [0.1, 0.15) is 0 Å². The highest BCUT2D eigenvalue weighted by atomic mass is 127. The Morgan fingerprint density at radius 1 is 1.47 bits per heavy atom. The Labute approximate surface area is 119 Å². The first-order chi connectivity index (χ1) is 7.90. The summed E-state index contributed by atoms with van der Waals surface area (Å²) in [6, 6.07) is 3.41. The van der Waals surface area contributed by atoms with Gasteiger partial charge in [0.15, 0.2) is 6.29 Å². The molecule has 0 N–H and O–H groups in total. The summed E-state index contributed by atoms with van der Waals surface area (Å²) in [4.78, 5) is 24.8. The topological polar surface area (TPSA) is 37.4 Å². The van der Waals surface area contributed by atoms with E-state index < -0.39 is 0 Å². The van der Waals surface area contributed by atoms with E-state index in [1.54, 1.807) is 24.1 Å². The first-order valence-electron chi connectivity index (χ1n) is 5.10. The predicted octanol–water partition coefficient (Wildman–Crippen LogP) is 3.24. The first kappa shape index (κ1) is 14.4. The molecule has 1 amide bonds. The highest BCUT2D eigenvalue weighted by Gasteiger charge is 2.22. The predicted molar refractivity (Wildman–Crippen MR) is 76.8 cm³/mol. The van der Waals surface area contributed by atoms with E-state index in [2.05, 4.69) is 0 Å². The molecule has 0 fully saturated rings. The van der Waals surface area contributed by atoms with Gasteiger partial charge in [0, 0.05) is 22.2 Å². The van der Waals surface area contributed by atoms with Gasteiger partial charge < -0.3 is 4.90 Å². The van der Waals surface area contributed by atoms with Gasteiger partial charge >= 0.3 is 0 Å². The molecule has 0 atom stereocenters. The van der Waals surface area contributed by atoms with Gasteiger partial charge in [0.05, 0.1) is 10.6 Å². The highest BCUT2D eigenvalue weighted by Crippen LogP contribution is 2.25. The van der Waals surface area contributed by atoms with Crippen LogP contribution in [0.15, 0.2) is 12.1 Å². The molecule has 0 unspecified atom stereocenters. The van der Waals surface area contributed by atoms with Crippen LogP contribution in [0.25, 0.3) is 0 Å². The van der Waals surface area contributed by atoms with Crippen LogP contribution in [0.5, 0.6) is 0 Å². The number of carbonyl (C=O) groups excluding carboxylic acids is 2. The lowest BCUT2D eigenvalue weighted by atomic mass is 10.1. The molecular weight excluding hydrogens is 352 g/mol. The molecule has 0 bridgehead atoms. The SMILES string of the molecule is CC(C)N(C)C(=O)c1c(Cl)ccc(I)c1C=O. The minimum absolute atomic E-state index is 0.0518. The van der Waals surface area contributed by atoms with Crippen molar-refractivity contribution in [2.75, 3.05) is 7.05 Å². The van der Waals surface area contributed by atoms with Crippen molar-refractivity contribution in [3.8, 4) is 0 Å². The van der Waals surface area contributed by atoms with E-state index in [1.165, 1.54) is 0 Å². The van der Waals surface area contributed by atoms with Gasteiger partial charge in [-0.1, -0.05) is 11.6 Å². The van der Waals surface area contributed by atoms with Gasteiger partial charge in [-0.15, -0.1) is 0 Å². The molecule has 0 aliphatic heterocycles. The summed E-state index contributed by atoms with van der Waals surface area (Å²) in [7, 11) is 1.69. The zero-order chi connectivity index (χ0) is 13.2. The fourth-order valence-corrected chi connectivity index (χ4v) is 2.13. The molecule has 1 aromatic carbocycles. The van der Waals surface area contributed by atoms with Crippen LogP contribution < -0.4 is 0 Å². The molecule has 92 valence electrons. The average molecular weight is 366 g/mol. The van der Waals surface area contributed by atoms with Gasteiger partial charge in [-0.3, -0.25) is 9.59 Å². The Morgan fingerprint density at radius 2 is 2.06 bits per heavy atom. The molecule has 0 heterocycles. The van der Waals surface area contributed by atoms with Crippen LogP contribution in [0.1, 0.15) is 34.6 Å². The summed E-state index contributed by atoms with van der Waals surface area (Å²) in [5.74, 6) is -0.231. The normalized spacial score (nSPS) is 10.5. The van der Waals surface area contributed by atoms with Crippen LogP contribution in [0.2, 0.25) is 5.02 Å². The van der Waals surface area contributed by atoms with Crippen molar-refractivity contribution in [1.82, 2.24) is 4.90 Å². The maximum absolute atomic E-state index is 12.2. The molecule has 0 aliphatic carbocycles. The Morgan fingerprint density at radius 3 is 2.53 bits per heavy atom. The number of amides is 1. The zero-order valence-electron chi connectivity index (χ0n) is 9.83. The van der Waals surface area contributed by atoms with E-state index in [1.807, 2.05) is 36.4 Å². The van der Waals surface area contributed by atoms with Crippen LogP contribution in [0, 0.1) is 3.57 Å². The fraction of sp³-hybridized carbons (Fsp3) is 0.333. The summed E-state index contributed by atoms with van der Waals surface area (Å²) >= 11 is 8.03. The molecule has 1 rings (SSSR count). The average Bonchev–Trinajstić information content (AvgIpc) is 2.29. The van der Waals surface area contributed by atoms with Crippen molar-refractivity contribution in [2.24, 2.45) is 0 Å². The van der Waals surface area contributed by atoms with Crippen LogP contribution in [-0.4, -0.2) is 30.2 Å².